The van der Waals surface area contributed by atoms with E-state index in [1.54, 1.807) is 30.8 Å². The number of nitrogens with one attached hydrogen (secondary N) is 2. The summed E-state index contributed by atoms with van der Waals surface area (Å²) in [6.07, 6.45) is 6.16. The molecule has 0 spiro atoms. The number of carbonyl (C=O) groups excluding carboxylic acids is 1. The van der Waals surface area contributed by atoms with Crippen LogP contribution in [0.15, 0.2) is 4.99 Å². The van der Waals surface area contributed by atoms with Gasteiger partial charge in [0.1, 0.15) is 6.54 Å². The van der Waals surface area contributed by atoms with Crippen LogP contribution in [0.1, 0.15) is 32.6 Å². The van der Waals surface area contributed by atoms with Crippen LogP contribution in [0, 0.1) is 0 Å². The van der Waals surface area contributed by atoms with E-state index in [1.165, 1.54) is 0 Å². The molecule has 1 saturated carbocycles. The molecule has 2 N–H and O–H groups in total. The standard InChI is InChI=1S/C16H32N4O2S2/c1-5-24(22)14-8-6-7-13(11-14)19-16(17-9-10-23-4)18-12-15(21)20(2)3/h13-14H,5-12H2,1-4H3,(H2,17,18,19). The minimum Gasteiger partial charge on any atom is -0.356 e. The number of carbonyl (C=O) groups is 1. The zero-order valence-corrected chi connectivity index (χ0v) is 17.0. The van der Waals surface area contributed by atoms with Crippen LogP contribution in [0.3, 0.4) is 0 Å². The molecule has 3 atom stereocenters. The van der Waals surface area contributed by atoms with Crippen LogP contribution < -0.4 is 10.6 Å². The van der Waals surface area contributed by atoms with Gasteiger partial charge in [-0.15, -0.1) is 0 Å². The molecular formula is C16H32N4O2S2. The summed E-state index contributed by atoms with van der Waals surface area (Å²) in [5, 5.41) is 7.01. The molecule has 3 unspecified atom stereocenters. The first-order valence-electron chi connectivity index (χ1n) is 8.59. The summed E-state index contributed by atoms with van der Waals surface area (Å²) in [5.74, 6) is 2.37. The van der Waals surface area contributed by atoms with Gasteiger partial charge in [0.05, 0.1) is 0 Å². The van der Waals surface area contributed by atoms with E-state index in [1.807, 2.05) is 6.92 Å². The third-order valence-corrected chi connectivity index (χ3v) is 6.45. The maximum atomic E-state index is 12.1. The van der Waals surface area contributed by atoms with Crippen molar-refractivity contribution in [1.82, 2.24) is 15.5 Å². The summed E-state index contributed by atoms with van der Waals surface area (Å²) in [7, 11) is 2.73. The lowest BCUT2D eigenvalue weighted by atomic mass is 9.95. The lowest BCUT2D eigenvalue weighted by molar-refractivity contribution is -0.127. The molecule has 1 rings (SSSR count). The third kappa shape index (κ3) is 7.88. The van der Waals surface area contributed by atoms with Gasteiger partial charge in [-0.2, -0.15) is 11.8 Å². The van der Waals surface area contributed by atoms with Crippen molar-refractivity contribution in [2.75, 3.05) is 44.9 Å². The van der Waals surface area contributed by atoms with Gasteiger partial charge in [0.2, 0.25) is 5.91 Å². The minimum absolute atomic E-state index is 0.0189. The molecule has 0 aliphatic heterocycles. The van der Waals surface area contributed by atoms with Gasteiger partial charge in [0.15, 0.2) is 5.96 Å². The summed E-state index contributed by atoms with van der Waals surface area (Å²) in [5.41, 5.74) is 0. The number of likely N-dealkylation sites (N-methyl/N-ethyl adjacent to an activating group) is 1. The molecule has 6 nitrogen and oxygen atoms in total. The Bertz CT molecular complexity index is 444. The first-order valence-corrected chi connectivity index (χ1v) is 11.4. The molecule has 0 heterocycles. The molecule has 0 aromatic heterocycles. The second-order valence-electron chi connectivity index (χ2n) is 6.17. The Hall–Kier alpha value is -0.760. The average Bonchev–Trinajstić information content (AvgIpc) is 2.58. The van der Waals surface area contributed by atoms with E-state index in [0.29, 0.717) is 5.96 Å². The average molecular weight is 377 g/mol. The lowest BCUT2D eigenvalue weighted by Gasteiger charge is -2.30. The monoisotopic (exact) mass is 376 g/mol. The third-order valence-electron chi connectivity index (χ3n) is 4.09. The number of guanidine groups is 1. The predicted molar refractivity (Wildman–Crippen MR) is 105 cm³/mol. The first-order chi connectivity index (χ1) is 11.5. The summed E-state index contributed by atoms with van der Waals surface area (Å²) < 4.78 is 12.1. The first kappa shape index (κ1) is 21.3. The fraction of sp³-hybridized carbons (Fsp3) is 0.875. The topological polar surface area (TPSA) is 73.8 Å². The van der Waals surface area contributed by atoms with E-state index < -0.39 is 10.8 Å². The fourth-order valence-corrected chi connectivity index (χ4v) is 4.31. The van der Waals surface area contributed by atoms with Crippen LogP contribution in [-0.2, 0) is 15.6 Å². The zero-order chi connectivity index (χ0) is 17.9. The number of hydrogen-bond acceptors (Lipinski definition) is 4. The molecule has 1 aliphatic carbocycles. The lowest BCUT2D eigenvalue weighted by Crippen LogP contribution is -2.47. The molecule has 0 bridgehead atoms. The van der Waals surface area contributed by atoms with Crippen molar-refractivity contribution in [1.29, 1.82) is 0 Å². The second kappa shape index (κ2) is 11.7. The number of thioether (sulfide) groups is 1. The van der Waals surface area contributed by atoms with Crippen LogP contribution in [0.25, 0.3) is 0 Å². The molecule has 0 radical (unpaired) electrons. The largest absolute Gasteiger partial charge is 0.356 e. The van der Waals surface area contributed by atoms with Crippen LogP contribution in [0.2, 0.25) is 0 Å². The SMILES string of the molecule is CCS(=O)C1CCCC(NC(=NCC(=O)N(C)C)NCCSC)C1. The molecule has 140 valence electrons. The summed E-state index contributed by atoms with van der Waals surface area (Å²) in [6.45, 7) is 2.93. The molecule has 0 aromatic carbocycles. The maximum absolute atomic E-state index is 12.1. The van der Waals surface area contributed by atoms with E-state index in [2.05, 4.69) is 21.9 Å². The van der Waals surface area contributed by atoms with Gasteiger partial charge in [-0.1, -0.05) is 13.3 Å². The highest BCUT2D eigenvalue weighted by molar-refractivity contribution is 7.98. The van der Waals surface area contributed by atoms with Crippen molar-refractivity contribution in [3.05, 3.63) is 0 Å². The van der Waals surface area contributed by atoms with Crippen molar-refractivity contribution in [2.45, 2.75) is 43.9 Å². The van der Waals surface area contributed by atoms with E-state index >= 15 is 0 Å². The Morgan fingerprint density at radius 1 is 1.38 bits per heavy atom. The van der Waals surface area contributed by atoms with Gasteiger partial charge in [0, 0.05) is 54.2 Å². The van der Waals surface area contributed by atoms with E-state index in [9.17, 15) is 9.00 Å². The zero-order valence-electron chi connectivity index (χ0n) is 15.3. The van der Waals surface area contributed by atoms with Crippen molar-refractivity contribution in [3.63, 3.8) is 0 Å². The Balaban J connectivity index is 2.63. The second-order valence-corrected chi connectivity index (χ2v) is 9.16. The van der Waals surface area contributed by atoms with E-state index in [-0.39, 0.29) is 23.7 Å². The highest BCUT2D eigenvalue weighted by Crippen LogP contribution is 2.22. The normalized spacial score (nSPS) is 22.8. The Morgan fingerprint density at radius 3 is 2.75 bits per heavy atom. The van der Waals surface area contributed by atoms with E-state index in [4.69, 9.17) is 0 Å². The number of rotatable bonds is 8. The molecule has 1 aliphatic rings. The Morgan fingerprint density at radius 2 is 2.12 bits per heavy atom. The molecular weight excluding hydrogens is 344 g/mol. The van der Waals surface area contributed by atoms with Crippen molar-refractivity contribution < 1.29 is 9.00 Å². The smallest absolute Gasteiger partial charge is 0.243 e. The van der Waals surface area contributed by atoms with Crippen LogP contribution >= 0.6 is 11.8 Å². The molecule has 0 saturated heterocycles. The van der Waals surface area contributed by atoms with Crippen LogP contribution in [-0.4, -0.2) is 77.2 Å². The molecule has 0 aromatic rings. The highest BCUT2D eigenvalue weighted by Gasteiger charge is 2.26. The Labute approximate surface area is 153 Å². The van der Waals surface area contributed by atoms with Gasteiger partial charge < -0.3 is 15.5 Å². The molecule has 1 amide bonds. The van der Waals surface area contributed by atoms with Crippen LogP contribution in [0.5, 0.6) is 0 Å². The quantitative estimate of drug-likeness (QED) is 0.376. The summed E-state index contributed by atoms with van der Waals surface area (Å²) in [6, 6.07) is 0.272. The molecule has 1 fully saturated rings. The number of amides is 1. The van der Waals surface area contributed by atoms with Crippen molar-refractivity contribution >= 4 is 34.4 Å². The van der Waals surface area contributed by atoms with Gasteiger partial charge in [-0.3, -0.25) is 9.00 Å². The summed E-state index contributed by atoms with van der Waals surface area (Å²) >= 11 is 1.77. The summed E-state index contributed by atoms with van der Waals surface area (Å²) in [4.78, 5) is 17.7. The number of aliphatic imine (C=N–C) groups is 1. The van der Waals surface area contributed by atoms with Gasteiger partial charge >= 0.3 is 0 Å². The predicted octanol–water partition coefficient (Wildman–Crippen LogP) is 1.05. The maximum Gasteiger partial charge on any atom is 0.243 e. The minimum atomic E-state index is -0.737. The molecule has 24 heavy (non-hydrogen) atoms. The van der Waals surface area contributed by atoms with Gasteiger partial charge in [-0.05, 0) is 25.5 Å². The van der Waals surface area contributed by atoms with Gasteiger partial charge in [-0.25, -0.2) is 4.99 Å². The molecule has 8 heteroatoms. The highest BCUT2D eigenvalue weighted by atomic mass is 32.2. The van der Waals surface area contributed by atoms with E-state index in [0.717, 1.165) is 43.7 Å². The van der Waals surface area contributed by atoms with Crippen molar-refractivity contribution in [2.24, 2.45) is 4.99 Å². The fourth-order valence-electron chi connectivity index (χ4n) is 2.66. The van der Waals surface area contributed by atoms with Crippen LogP contribution in [0.4, 0.5) is 0 Å². The number of nitrogens with zero attached hydrogens (tertiary/aromatic N) is 2. The number of hydrogen-bond donors (Lipinski definition) is 2. The Kier molecular flexibility index (Phi) is 10.4. The van der Waals surface area contributed by atoms with Gasteiger partial charge in [0.25, 0.3) is 0 Å². The van der Waals surface area contributed by atoms with Crippen molar-refractivity contribution in [3.8, 4) is 0 Å².